The fraction of sp³-hybridized carbons (Fsp3) is 0.200. The van der Waals surface area contributed by atoms with Gasteiger partial charge in [0.25, 0.3) is 0 Å². The molecule has 0 unspecified atom stereocenters. The Balaban J connectivity index is 2.10. The van der Waals surface area contributed by atoms with E-state index in [1.807, 2.05) is 32.2 Å². The van der Waals surface area contributed by atoms with Crippen molar-refractivity contribution in [1.29, 1.82) is 0 Å². The maximum absolute atomic E-state index is 12.6. The molecular formula is C15H15F3N2S. The molecule has 2 aromatic rings. The average Bonchev–Trinajstić information content (AvgIpc) is 2.46. The summed E-state index contributed by atoms with van der Waals surface area (Å²) in [5.74, 6) is 0. The van der Waals surface area contributed by atoms with Gasteiger partial charge in [-0.25, -0.2) is 0 Å². The van der Waals surface area contributed by atoms with Crippen molar-refractivity contribution in [3.63, 3.8) is 0 Å². The number of halogens is 3. The largest absolute Gasteiger partial charge is 0.416 e. The van der Waals surface area contributed by atoms with E-state index in [9.17, 15) is 13.2 Å². The van der Waals surface area contributed by atoms with E-state index in [1.165, 1.54) is 6.07 Å². The van der Waals surface area contributed by atoms with Crippen molar-refractivity contribution in [2.75, 3.05) is 17.1 Å². The molecule has 0 aliphatic carbocycles. The molecule has 0 aromatic heterocycles. The van der Waals surface area contributed by atoms with Gasteiger partial charge in [0, 0.05) is 23.3 Å². The second-order valence-corrected chi connectivity index (χ2v) is 5.39. The van der Waals surface area contributed by atoms with Crippen LogP contribution < -0.4 is 10.0 Å². The number of alkyl halides is 3. The van der Waals surface area contributed by atoms with Gasteiger partial charge in [0.15, 0.2) is 0 Å². The fourth-order valence-corrected chi connectivity index (χ4v) is 2.50. The maximum Gasteiger partial charge on any atom is 0.416 e. The number of aryl methyl sites for hydroxylation is 1. The molecule has 2 N–H and O–H groups in total. The van der Waals surface area contributed by atoms with Crippen LogP contribution in [0.15, 0.2) is 47.4 Å². The Morgan fingerprint density at radius 1 is 1.05 bits per heavy atom. The third-order valence-electron chi connectivity index (χ3n) is 2.96. The minimum absolute atomic E-state index is 0.511. The first kappa shape index (κ1) is 15.6. The molecule has 0 radical (unpaired) electrons. The normalized spacial score (nSPS) is 11.3. The number of benzene rings is 2. The highest BCUT2D eigenvalue weighted by Gasteiger charge is 2.30. The molecule has 0 saturated carbocycles. The van der Waals surface area contributed by atoms with Crippen molar-refractivity contribution >= 4 is 23.3 Å². The number of nitrogens with one attached hydrogen (secondary N) is 2. The molecule has 21 heavy (non-hydrogen) atoms. The van der Waals surface area contributed by atoms with Crippen LogP contribution in [-0.4, -0.2) is 7.05 Å². The van der Waals surface area contributed by atoms with Crippen LogP contribution in [-0.2, 0) is 6.18 Å². The topological polar surface area (TPSA) is 24.1 Å². The van der Waals surface area contributed by atoms with E-state index in [0.717, 1.165) is 41.0 Å². The van der Waals surface area contributed by atoms with Crippen LogP contribution in [0, 0.1) is 6.92 Å². The van der Waals surface area contributed by atoms with Crippen molar-refractivity contribution in [1.82, 2.24) is 0 Å². The predicted molar refractivity (Wildman–Crippen MR) is 81.6 cm³/mol. The summed E-state index contributed by atoms with van der Waals surface area (Å²) in [7, 11) is 1.83. The van der Waals surface area contributed by atoms with E-state index in [1.54, 1.807) is 6.07 Å². The van der Waals surface area contributed by atoms with Crippen molar-refractivity contribution in [3.05, 3.63) is 53.6 Å². The van der Waals surface area contributed by atoms with Crippen LogP contribution in [0.5, 0.6) is 0 Å². The van der Waals surface area contributed by atoms with E-state index >= 15 is 0 Å². The summed E-state index contributed by atoms with van der Waals surface area (Å²) >= 11 is 1.15. The molecule has 6 heteroatoms. The van der Waals surface area contributed by atoms with E-state index in [0.29, 0.717) is 4.90 Å². The molecule has 0 aliphatic heterocycles. The molecule has 2 rings (SSSR count). The highest BCUT2D eigenvalue weighted by Crippen LogP contribution is 2.32. The first-order chi connectivity index (χ1) is 9.90. The smallest absolute Gasteiger partial charge is 0.388 e. The van der Waals surface area contributed by atoms with Gasteiger partial charge in [0.2, 0.25) is 0 Å². The summed E-state index contributed by atoms with van der Waals surface area (Å²) in [5, 5.41) is 3.06. The first-order valence-electron chi connectivity index (χ1n) is 6.28. The Labute approximate surface area is 125 Å². The number of rotatable bonds is 4. The van der Waals surface area contributed by atoms with Crippen LogP contribution in [0.4, 0.5) is 24.5 Å². The molecule has 0 fully saturated rings. The molecule has 0 amide bonds. The van der Waals surface area contributed by atoms with Gasteiger partial charge in [-0.1, -0.05) is 12.1 Å². The van der Waals surface area contributed by atoms with Crippen molar-refractivity contribution in [2.45, 2.75) is 18.0 Å². The molecule has 0 atom stereocenters. The summed E-state index contributed by atoms with van der Waals surface area (Å²) in [6.07, 6.45) is -4.32. The molecule has 2 nitrogen and oxygen atoms in total. The highest BCUT2D eigenvalue weighted by molar-refractivity contribution is 8.00. The molecule has 2 aromatic carbocycles. The summed E-state index contributed by atoms with van der Waals surface area (Å²) in [6, 6.07) is 11.0. The Kier molecular flexibility index (Phi) is 4.67. The van der Waals surface area contributed by atoms with E-state index in [4.69, 9.17) is 0 Å². The second-order valence-electron chi connectivity index (χ2n) is 4.51. The molecule has 0 bridgehead atoms. The van der Waals surface area contributed by atoms with Gasteiger partial charge >= 0.3 is 6.18 Å². The van der Waals surface area contributed by atoms with Crippen LogP contribution in [0.25, 0.3) is 0 Å². The van der Waals surface area contributed by atoms with Crippen LogP contribution in [0.1, 0.15) is 11.1 Å². The van der Waals surface area contributed by atoms with Crippen molar-refractivity contribution in [2.24, 2.45) is 0 Å². The van der Waals surface area contributed by atoms with Gasteiger partial charge in [-0.05, 0) is 54.8 Å². The molecular weight excluding hydrogens is 297 g/mol. The number of hydrogen-bond acceptors (Lipinski definition) is 3. The lowest BCUT2D eigenvalue weighted by atomic mass is 10.2. The Morgan fingerprint density at radius 3 is 2.48 bits per heavy atom. The lowest BCUT2D eigenvalue weighted by molar-refractivity contribution is -0.137. The van der Waals surface area contributed by atoms with Gasteiger partial charge in [-0.15, -0.1) is 0 Å². The molecule has 0 aliphatic rings. The molecule has 0 saturated heterocycles. The lowest BCUT2D eigenvalue weighted by Gasteiger charge is -2.11. The quantitative estimate of drug-likeness (QED) is 0.761. The fourth-order valence-electron chi connectivity index (χ4n) is 1.81. The second kappa shape index (κ2) is 6.30. The van der Waals surface area contributed by atoms with E-state index in [-0.39, 0.29) is 0 Å². The number of anilines is 2. The predicted octanol–water partition coefficient (Wildman–Crippen LogP) is 5.17. The monoisotopic (exact) mass is 312 g/mol. The summed E-state index contributed by atoms with van der Waals surface area (Å²) < 4.78 is 41.0. The molecule has 112 valence electrons. The van der Waals surface area contributed by atoms with Crippen LogP contribution in [0.2, 0.25) is 0 Å². The van der Waals surface area contributed by atoms with Crippen molar-refractivity contribution < 1.29 is 13.2 Å². The van der Waals surface area contributed by atoms with Crippen LogP contribution >= 0.6 is 11.9 Å². The first-order valence-corrected chi connectivity index (χ1v) is 7.10. The van der Waals surface area contributed by atoms with Crippen LogP contribution in [0.3, 0.4) is 0 Å². The van der Waals surface area contributed by atoms with Gasteiger partial charge in [0.1, 0.15) is 0 Å². The zero-order chi connectivity index (χ0) is 15.5. The summed E-state index contributed by atoms with van der Waals surface area (Å²) in [4.78, 5) is 0.511. The zero-order valence-corrected chi connectivity index (χ0v) is 12.4. The Morgan fingerprint density at radius 2 is 1.81 bits per heavy atom. The van der Waals surface area contributed by atoms with Gasteiger partial charge in [-0.2, -0.15) is 13.2 Å². The summed E-state index contributed by atoms with van der Waals surface area (Å²) in [5.41, 5.74) is 2.26. The standard InChI is InChI=1S/C15H15F3N2S/c1-10-6-7-12(9-14(10)19-2)20-21-13-5-3-4-11(8-13)15(16,17)18/h3-9,19-20H,1-2H3. The highest BCUT2D eigenvalue weighted by atomic mass is 32.2. The average molecular weight is 312 g/mol. The van der Waals surface area contributed by atoms with Gasteiger partial charge < -0.3 is 10.0 Å². The third kappa shape index (κ3) is 4.07. The summed E-state index contributed by atoms with van der Waals surface area (Å²) in [6.45, 7) is 1.98. The van der Waals surface area contributed by atoms with E-state index < -0.39 is 11.7 Å². The van der Waals surface area contributed by atoms with E-state index in [2.05, 4.69) is 10.0 Å². The molecule has 0 heterocycles. The molecule has 0 spiro atoms. The maximum atomic E-state index is 12.6. The minimum atomic E-state index is -4.32. The Bertz CT molecular complexity index is 627. The SMILES string of the molecule is CNc1cc(NSc2cccc(C(F)(F)F)c2)ccc1C. The Hall–Kier alpha value is -1.82. The minimum Gasteiger partial charge on any atom is -0.388 e. The van der Waals surface area contributed by atoms with Crippen molar-refractivity contribution in [3.8, 4) is 0 Å². The lowest BCUT2D eigenvalue weighted by Crippen LogP contribution is -2.04. The van der Waals surface area contributed by atoms with Gasteiger partial charge in [-0.3, -0.25) is 0 Å². The number of hydrogen-bond donors (Lipinski definition) is 2. The van der Waals surface area contributed by atoms with Gasteiger partial charge in [0.05, 0.1) is 5.56 Å². The zero-order valence-electron chi connectivity index (χ0n) is 11.6. The third-order valence-corrected chi connectivity index (χ3v) is 3.78.